The first-order valence-corrected chi connectivity index (χ1v) is 12.2. The molecule has 2 atom stereocenters. The second-order valence-corrected chi connectivity index (χ2v) is 9.22. The molecule has 4 aromatic rings. The lowest BCUT2D eigenvalue weighted by Crippen LogP contribution is -2.30. The summed E-state index contributed by atoms with van der Waals surface area (Å²) in [6, 6.07) is 23.7. The lowest BCUT2D eigenvalue weighted by atomic mass is 9.96. The number of rotatable bonds is 6. The van der Waals surface area contributed by atoms with Gasteiger partial charge in [0, 0.05) is 29.5 Å². The van der Waals surface area contributed by atoms with Gasteiger partial charge in [0.2, 0.25) is 0 Å². The zero-order chi connectivity index (χ0) is 22.9. The zero-order valence-corrected chi connectivity index (χ0v) is 20.3. The molecule has 168 valence electrons. The Bertz CT molecular complexity index is 1290. The largest absolute Gasteiger partial charge is 0.352 e. The lowest BCUT2D eigenvalue weighted by Gasteiger charge is -2.28. The molecule has 1 fully saturated rings. The van der Waals surface area contributed by atoms with Crippen LogP contribution in [0.25, 0.3) is 16.5 Å². The molecule has 0 saturated carbocycles. The molecule has 5 rings (SSSR count). The van der Waals surface area contributed by atoms with Gasteiger partial charge in [-0.1, -0.05) is 55.8 Å². The second kappa shape index (κ2) is 8.99. The molecule has 1 aliphatic rings. The van der Waals surface area contributed by atoms with Crippen molar-refractivity contribution in [2.75, 3.05) is 6.54 Å². The van der Waals surface area contributed by atoms with E-state index in [-0.39, 0.29) is 12.1 Å². The molecule has 1 saturated heterocycles. The van der Waals surface area contributed by atoms with Crippen molar-refractivity contribution in [1.29, 1.82) is 0 Å². The van der Waals surface area contributed by atoms with Gasteiger partial charge in [0.15, 0.2) is 5.11 Å². The van der Waals surface area contributed by atoms with E-state index >= 15 is 0 Å². The van der Waals surface area contributed by atoms with Gasteiger partial charge >= 0.3 is 0 Å². The van der Waals surface area contributed by atoms with Crippen molar-refractivity contribution in [3.8, 4) is 5.69 Å². The number of nitrogens with one attached hydrogen (secondary N) is 1. The van der Waals surface area contributed by atoms with Crippen molar-refractivity contribution in [2.24, 2.45) is 0 Å². The molecular weight excluding hydrogens is 424 g/mol. The predicted molar refractivity (Wildman–Crippen MR) is 140 cm³/mol. The minimum absolute atomic E-state index is 0.0250. The topological polar surface area (TPSA) is 33.1 Å². The van der Waals surface area contributed by atoms with Crippen molar-refractivity contribution in [3.05, 3.63) is 95.6 Å². The maximum atomic E-state index is 5.83. The first-order valence-electron chi connectivity index (χ1n) is 11.7. The van der Waals surface area contributed by atoms with E-state index in [4.69, 9.17) is 12.2 Å². The fourth-order valence-corrected chi connectivity index (χ4v) is 5.51. The molecule has 2 aromatic carbocycles. The fourth-order valence-electron chi connectivity index (χ4n) is 5.17. The van der Waals surface area contributed by atoms with Gasteiger partial charge in [-0.15, -0.1) is 0 Å². The van der Waals surface area contributed by atoms with E-state index in [1.165, 1.54) is 33.4 Å². The van der Waals surface area contributed by atoms with E-state index in [0.717, 1.165) is 30.2 Å². The number of pyridine rings is 1. The minimum Gasteiger partial charge on any atom is -0.352 e. The molecular formula is C28H30N4S. The van der Waals surface area contributed by atoms with Crippen LogP contribution in [0.15, 0.2) is 72.9 Å². The third kappa shape index (κ3) is 3.80. The number of aryl methyl sites for hydroxylation is 1. The number of thiocarbonyl (C=S) groups is 1. The summed E-state index contributed by atoms with van der Waals surface area (Å²) >= 11 is 5.83. The molecule has 0 bridgehead atoms. The van der Waals surface area contributed by atoms with Crippen LogP contribution in [0.4, 0.5) is 0 Å². The molecule has 0 aliphatic carbocycles. The summed E-state index contributed by atoms with van der Waals surface area (Å²) in [5.74, 6) is 0. The number of benzene rings is 2. The average molecular weight is 455 g/mol. The highest BCUT2D eigenvalue weighted by Crippen LogP contribution is 2.42. The van der Waals surface area contributed by atoms with Gasteiger partial charge in [-0.2, -0.15) is 0 Å². The second-order valence-electron chi connectivity index (χ2n) is 8.83. The van der Waals surface area contributed by atoms with Gasteiger partial charge in [-0.05, 0) is 67.7 Å². The zero-order valence-electron chi connectivity index (χ0n) is 19.5. The van der Waals surface area contributed by atoms with Crippen molar-refractivity contribution < 1.29 is 0 Å². The van der Waals surface area contributed by atoms with Crippen LogP contribution < -0.4 is 5.32 Å². The average Bonchev–Trinajstić information content (AvgIpc) is 3.32. The number of unbranched alkanes of at least 4 members (excludes halogenated alkanes) is 1. The van der Waals surface area contributed by atoms with Crippen molar-refractivity contribution in [2.45, 2.75) is 45.7 Å². The van der Waals surface area contributed by atoms with Crippen molar-refractivity contribution in [1.82, 2.24) is 19.8 Å². The molecule has 0 unspecified atom stereocenters. The molecule has 0 radical (unpaired) electrons. The predicted octanol–water partition coefficient (Wildman–Crippen LogP) is 6.41. The Morgan fingerprint density at radius 2 is 1.79 bits per heavy atom. The monoisotopic (exact) mass is 454 g/mol. The third-order valence-corrected chi connectivity index (χ3v) is 7.10. The van der Waals surface area contributed by atoms with Gasteiger partial charge in [0.05, 0.1) is 23.5 Å². The van der Waals surface area contributed by atoms with Gasteiger partial charge in [0.1, 0.15) is 0 Å². The van der Waals surface area contributed by atoms with E-state index < -0.39 is 0 Å². The summed E-state index contributed by atoms with van der Waals surface area (Å²) < 4.78 is 2.40. The quantitative estimate of drug-likeness (QED) is 0.341. The fraction of sp³-hybridized carbons (Fsp3) is 0.286. The van der Waals surface area contributed by atoms with Crippen molar-refractivity contribution >= 4 is 28.1 Å². The Morgan fingerprint density at radius 1 is 1.00 bits per heavy atom. The molecule has 1 aliphatic heterocycles. The Balaban J connectivity index is 1.66. The summed E-state index contributed by atoms with van der Waals surface area (Å²) in [5.41, 5.74) is 6.03. The van der Waals surface area contributed by atoms with E-state index in [9.17, 15) is 0 Å². The van der Waals surface area contributed by atoms with Crippen molar-refractivity contribution in [3.63, 3.8) is 0 Å². The van der Waals surface area contributed by atoms with Gasteiger partial charge in [-0.3, -0.25) is 4.98 Å². The maximum Gasteiger partial charge on any atom is 0.170 e. The molecule has 1 N–H and O–H groups in total. The van der Waals surface area contributed by atoms with Crippen LogP contribution in [0.5, 0.6) is 0 Å². The number of fused-ring (bicyclic) bond motifs is 1. The van der Waals surface area contributed by atoms with Crippen LogP contribution >= 0.6 is 12.2 Å². The van der Waals surface area contributed by atoms with Crippen LogP contribution in [-0.2, 0) is 0 Å². The maximum absolute atomic E-state index is 5.83. The molecule has 5 heteroatoms. The molecule has 3 heterocycles. The molecule has 4 nitrogen and oxygen atoms in total. The van der Waals surface area contributed by atoms with Crippen LogP contribution in [0.2, 0.25) is 0 Å². The van der Waals surface area contributed by atoms with E-state index in [1.807, 2.05) is 12.3 Å². The van der Waals surface area contributed by atoms with Gasteiger partial charge in [-0.25, -0.2) is 0 Å². The summed E-state index contributed by atoms with van der Waals surface area (Å²) in [4.78, 5) is 7.06. The third-order valence-electron chi connectivity index (χ3n) is 6.75. The number of aromatic nitrogens is 2. The number of hydrogen-bond acceptors (Lipinski definition) is 2. The Morgan fingerprint density at radius 3 is 2.58 bits per heavy atom. The number of nitrogens with zero attached hydrogens (tertiary/aromatic N) is 3. The van der Waals surface area contributed by atoms with Crippen LogP contribution in [0, 0.1) is 13.8 Å². The van der Waals surface area contributed by atoms with Crippen LogP contribution in [0.3, 0.4) is 0 Å². The SMILES string of the molecule is CCCCN1C(=S)N[C@H](c2ccccn2)[C@H]1c1cc(C)n(-c2cccc3ccccc23)c1C. The molecule has 0 spiro atoms. The van der Waals surface area contributed by atoms with Gasteiger partial charge < -0.3 is 14.8 Å². The highest BCUT2D eigenvalue weighted by Gasteiger charge is 2.41. The highest BCUT2D eigenvalue weighted by molar-refractivity contribution is 7.80. The first kappa shape index (κ1) is 21.7. The molecule has 0 amide bonds. The summed E-state index contributed by atoms with van der Waals surface area (Å²) in [6.45, 7) is 7.60. The highest BCUT2D eigenvalue weighted by atomic mass is 32.1. The first-order chi connectivity index (χ1) is 16.1. The standard InChI is InChI=1S/C28H30N4S/c1-4-5-17-31-27(26(30-28(31)33)24-14-8-9-16-29-24)23-18-19(2)32(20(23)3)25-15-10-12-21-11-6-7-13-22(21)25/h6-16,18,26-27H,4-5,17H2,1-3H3,(H,30,33)/t26-,27-/m1/s1. The van der Waals surface area contributed by atoms with Crippen LogP contribution in [0.1, 0.15) is 54.5 Å². The summed E-state index contributed by atoms with van der Waals surface area (Å²) in [5, 5.41) is 6.92. The van der Waals surface area contributed by atoms with E-state index in [1.54, 1.807) is 0 Å². The van der Waals surface area contributed by atoms with Gasteiger partial charge in [0.25, 0.3) is 0 Å². The minimum atomic E-state index is 0.0250. The van der Waals surface area contributed by atoms with Crippen LogP contribution in [-0.4, -0.2) is 26.1 Å². The number of hydrogen-bond donors (Lipinski definition) is 1. The summed E-state index contributed by atoms with van der Waals surface area (Å²) in [7, 11) is 0. The Labute approximate surface area is 201 Å². The normalized spacial score (nSPS) is 18.2. The summed E-state index contributed by atoms with van der Waals surface area (Å²) in [6.07, 6.45) is 4.11. The molecule has 2 aromatic heterocycles. The lowest BCUT2D eigenvalue weighted by molar-refractivity contribution is 0.312. The smallest absolute Gasteiger partial charge is 0.170 e. The Kier molecular flexibility index (Phi) is 5.90. The van der Waals surface area contributed by atoms with E-state index in [0.29, 0.717) is 0 Å². The van der Waals surface area contributed by atoms with E-state index in [2.05, 4.69) is 101 Å². The Hall–Kier alpha value is -3.18. The molecule has 33 heavy (non-hydrogen) atoms.